The molecule has 1 fully saturated rings. The Morgan fingerprint density at radius 1 is 1.47 bits per heavy atom. The fraction of sp³-hybridized carbons (Fsp3) is 0.500. The van der Waals surface area contributed by atoms with Crippen molar-refractivity contribution in [3.05, 3.63) is 29.8 Å². The summed E-state index contributed by atoms with van der Waals surface area (Å²) in [6.45, 7) is 4.48. The molecule has 0 spiro atoms. The smallest absolute Gasteiger partial charge is 0.322 e. The Bertz CT molecular complexity index is 419. The van der Waals surface area contributed by atoms with Gasteiger partial charge in [-0.3, -0.25) is 0 Å². The van der Waals surface area contributed by atoms with Crippen molar-refractivity contribution in [3.63, 3.8) is 0 Å². The van der Waals surface area contributed by atoms with Gasteiger partial charge >= 0.3 is 6.03 Å². The van der Waals surface area contributed by atoms with Crippen LogP contribution in [0.15, 0.2) is 24.3 Å². The van der Waals surface area contributed by atoms with Crippen molar-refractivity contribution in [1.29, 1.82) is 0 Å². The standard InChI is InChI=1S/C14H21N3O2/c1-2-13-10-17(7-8-19-13)14(18)16-12-5-3-11(9-15)4-6-12/h3-6,13H,2,7-10,15H2,1H3,(H,16,18). The van der Waals surface area contributed by atoms with E-state index in [-0.39, 0.29) is 12.1 Å². The van der Waals surface area contributed by atoms with Gasteiger partial charge in [0.25, 0.3) is 0 Å². The fourth-order valence-corrected chi connectivity index (χ4v) is 2.08. The van der Waals surface area contributed by atoms with E-state index in [1.165, 1.54) is 0 Å². The molecule has 19 heavy (non-hydrogen) atoms. The third-order valence-electron chi connectivity index (χ3n) is 3.32. The summed E-state index contributed by atoms with van der Waals surface area (Å²) < 4.78 is 5.55. The first-order valence-corrected chi connectivity index (χ1v) is 6.69. The summed E-state index contributed by atoms with van der Waals surface area (Å²) in [4.78, 5) is 13.9. The zero-order valence-electron chi connectivity index (χ0n) is 11.3. The van der Waals surface area contributed by atoms with E-state index in [2.05, 4.69) is 12.2 Å². The summed E-state index contributed by atoms with van der Waals surface area (Å²) >= 11 is 0. The highest BCUT2D eigenvalue weighted by molar-refractivity contribution is 5.89. The SMILES string of the molecule is CCC1CN(C(=O)Nc2ccc(CN)cc2)CCO1. The molecular formula is C14H21N3O2. The van der Waals surface area contributed by atoms with Gasteiger partial charge in [-0.05, 0) is 24.1 Å². The Balaban J connectivity index is 1.92. The van der Waals surface area contributed by atoms with Crippen molar-refractivity contribution in [3.8, 4) is 0 Å². The Morgan fingerprint density at radius 2 is 2.21 bits per heavy atom. The number of anilines is 1. The number of nitrogens with zero attached hydrogens (tertiary/aromatic N) is 1. The molecule has 0 bridgehead atoms. The number of carbonyl (C=O) groups excluding carboxylic acids is 1. The van der Waals surface area contributed by atoms with Gasteiger partial charge in [-0.15, -0.1) is 0 Å². The van der Waals surface area contributed by atoms with Gasteiger partial charge in [0.05, 0.1) is 12.7 Å². The van der Waals surface area contributed by atoms with Crippen LogP contribution >= 0.6 is 0 Å². The molecule has 3 N–H and O–H groups in total. The summed E-state index contributed by atoms with van der Waals surface area (Å²) in [5.41, 5.74) is 7.38. The fourth-order valence-electron chi connectivity index (χ4n) is 2.08. The molecule has 0 saturated carbocycles. The Kier molecular flexibility index (Phi) is 4.76. The van der Waals surface area contributed by atoms with Crippen molar-refractivity contribution in [1.82, 2.24) is 4.90 Å². The number of benzene rings is 1. The number of nitrogens with one attached hydrogen (secondary N) is 1. The van der Waals surface area contributed by atoms with Crippen LogP contribution in [-0.2, 0) is 11.3 Å². The third-order valence-corrected chi connectivity index (χ3v) is 3.32. The molecule has 0 radical (unpaired) electrons. The molecule has 0 aromatic heterocycles. The third kappa shape index (κ3) is 3.68. The van der Waals surface area contributed by atoms with Gasteiger partial charge in [0.15, 0.2) is 0 Å². The van der Waals surface area contributed by atoms with E-state index in [9.17, 15) is 4.79 Å². The van der Waals surface area contributed by atoms with E-state index in [0.29, 0.717) is 26.2 Å². The first-order chi connectivity index (χ1) is 9.22. The van der Waals surface area contributed by atoms with Crippen molar-refractivity contribution in [2.24, 2.45) is 5.73 Å². The number of carbonyl (C=O) groups is 1. The maximum absolute atomic E-state index is 12.1. The van der Waals surface area contributed by atoms with Gasteiger partial charge in [-0.1, -0.05) is 19.1 Å². The lowest BCUT2D eigenvalue weighted by atomic mass is 10.2. The van der Waals surface area contributed by atoms with Crippen molar-refractivity contribution in [2.75, 3.05) is 25.0 Å². The Labute approximate surface area is 113 Å². The topological polar surface area (TPSA) is 67.6 Å². The molecule has 5 heteroatoms. The molecule has 1 unspecified atom stereocenters. The largest absolute Gasteiger partial charge is 0.375 e. The zero-order chi connectivity index (χ0) is 13.7. The van der Waals surface area contributed by atoms with Crippen LogP contribution in [0.4, 0.5) is 10.5 Å². The molecule has 5 nitrogen and oxygen atoms in total. The maximum atomic E-state index is 12.1. The normalized spacial score (nSPS) is 19.3. The van der Waals surface area contributed by atoms with Crippen LogP contribution in [0.5, 0.6) is 0 Å². The molecule has 1 aliphatic rings. The van der Waals surface area contributed by atoms with Crippen LogP contribution < -0.4 is 11.1 Å². The molecule has 2 amide bonds. The zero-order valence-corrected chi connectivity index (χ0v) is 11.3. The van der Waals surface area contributed by atoms with Gasteiger partial charge in [-0.25, -0.2) is 4.79 Å². The molecule has 0 aliphatic carbocycles. The Hall–Kier alpha value is -1.59. The summed E-state index contributed by atoms with van der Waals surface area (Å²) in [5, 5.41) is 2.90. The summed E-state index contributed by atoms with van der Waals surface area (Å²) in [6, 6.07) is 7.52. The quantitative estimate of drug-likeness (QED) is 0.873. The van der Waals surface area contributed by atoms with Crippen LogP contribution in [-0.4, -0.2) is 36.7 Å². The first kappa shape index (κ1) is 13.8. The highest BCUT2D eigenvalue weighted by Gasteiger charge is 2.22. The summed E-state index contributed by atoms with van der Waals surface area (Å²) in [6.07, 6.45) is 1.08. The second kappa shape index (κ2) is 6.54. The molecule has 1 aromatic rings. The minimum atomic E-state index is -0.0674. The number of amides is 2. The average molecular weight is 263 g/mol. The minimum absolute atomic E-state index is 0.0674. The van der Waals surface area contributed by atoms with Gasteiger partial charge < -0.3 is 20.7 Å². The molecule has 104 valence electrons. The van der Waals surface area contributed by atoms with Crippen molar-refractivity contribution >= 4 is 11.7 Å². The van der Waals surface area contributed by atoms with Crippen LogP contribution in [0, 0.1) is 0 Å². The van der Waals surface area contributed by atoms with E-state index in [1.807, 2.05) is 24.3 Å². The van der Waals surface area contributed by atoms with E-state index in [1.54, 1.807) is 4.90 Å². The van der Waals surface area contributed by atoms with Crippen LogP contribution in [0.3, 0.4) is 0 Å². The van der Waals surface area contributed by atoms with Crippen LogP contribution in [0.1, 0.15) is 18.9 Å². The molecule has 2 rings (SSSR count). The van der Waals surface area contributed by atoms with Gasteiger partial charge in [0.1, 0.15) is 0 Å². The monoisotopic (exact) mass is 263 g/mol. The second-order valence-corrected chi connectivity index (χ2v) is 4.68. The number of ether oxygens (including phenoxy) is 1. The van der Waals surface area contributed by atoms with Crippen LogP contribution in [0.2, 0.25) is 0 Å². The van der Waals surface area contributed by atoms with E-state index < -0.39 is 0 Å². The number of hydrogen-bond donors (Lipinski definition) is 2. The maximum Gasteiger partial charge on any atom is 0.322 e. The number of morpholine rings is 1. The molecule has 1 aliphatic heterocycles. The summed E-state index contributed by atoms with van der Waals surface area (Å²) in [5.74, 6) is 0. The minimum Gasteiger partial charge on any atom is -0.375 e. The summed E-state index contributed by atoms with van der Waals surface area (Å²) in [7, 11) is 0. The lowest BCUT2D eigenvalue weighted by Gasteiger charge is -2.32. The molecule has 1 atom stereocenters. The van der Waals surface area contributed by atoms with Gasteiger partial charge in [-0.2, -0.15) is 0 Å². The highest BCUT2D eigenvalue weighted by atomic mass is 16.5. The van der Waals surface area contributed by atoms with Gasteiger partial charge in [0.2, 0.25) is 0 Å². The molecule has 1 aromatic carbocycles. The van der Waals surface area contributed by atoms with Crippen molar-refractivity contribution in [2.45, 2.75) is 26.0 Å². The van der Waals surface area contributed by atoms with Crippen LogP contribution in [0.25, 0.3) is 0 Å². The predicted octanol–water partition coefficient (Wildman–Crippen LogP) is 1.79. The van der Waals surface area contributed by atoms with Gasteiger partial charge in [0, 0.05) is 25.3 Å². The highest BCUT2D eigenvalue weighted by Crippen LogP contribution is 2.13. The number of nitrogens with two attached hydrogens (primary N) is 1. The van der Waals surface area contributed by atoms with E-state index in [0.717, 1.165) is 17.7 Å². The molecular weight excluding hydrogens is 242 g/mol. The average Bonchev–Trinajstić information content (AvgIpc) is 2.48. The Morgan fingerprint density at radius 3 is 2.84 bits per heavy atom. The molecule has 1 saturated heterocycles. The molecule has 1 heterocycles. The first-order valence-electron chi connectivity index (χ1n) is 6.69. The lowest BCUT2D eigenvalue weighted by Crippen LogP contribution is -2.47. The van der Waals surface area contributed by atoms with E-state index >= 15 is 0 Å². The van der Waals surface area contributed by atoms with Crippen molar-refractivity contribution < 1.29 is 9.53 Å². The number of urea groups is 1. The second-order valence-electron chi connectivity index (χ2n) is 4.68. The predicted molar refractivity (Wildman–Crippen MR) is 75.0 cm³/mol. The lowest BCUT2D eigenvalue weighted by molar-refractivity contribution is -0.0134. The number of rotatable bonds is 3. The number of hydrogen-bond acceptors (Lipinski definition) is 3. The van der Waals surface area contributed by atoms with E-state index in [4.69, 9.17) is 10.5 Å².